The highest BCUT2D eigenvalue weighted by atomic mass is 32.2. The molecule has 0 spiro atoms. The second-order valence-electron chi connectivity index (χ2n) is 7.39. The highest BCUT2D eigenvalue weighted by Gasteiger charge is 2.49. The number of hydrogen-bond donors (Lipinski definition) is 3. The molecule has 1 aromatic carbocycles. The van der Waals surface area contributed by atoms with Crippen molar-refractivity contribution in [3.8, 4) is 0 Å². The summed E-state index contributed by atoms with van der Waals surface area (Å²) in [5.41, 5.74) is 1.80. The molecule has 2 atom stereocenters. The van der Waals surface area contributed by atoms with E-state index in [1.165, 1.54) is 10.7 Å². The van der Waals surface area contributed by atoms with Crippen molar-refractivity contribution in [3.63, 3.8) is 0 Å². The lowest BCUT2D eigenvalue weighted by molar-refractivity contribution is -0.128. The van der Waals surface area contributed by atoms with Gasteiger partial charge in [-0.1, -0.05) is 18.9 Å². The molecule has 1 saturated heterocycles. The molecule has 7 nitrogen and oxygen atoms in total. The lowest BCUT2D eigenvalue weighted by Gasteiger charge is -2.37. The zero-order valence-corrected chi connectivity index (χ0v) is 14.9. The zero-order chi connectivity index (χ0) is 17.7. The molecule has 2 heterocycles. The minimum atomic E-state index is -3.79. The van der Waals surface area contributed by atoms with Crippen molar-refractivity contribution in [1.82, 2.24) is 5.32 Å². The summed E-state index contributed by atoms with van der Waals surface area (Å²) in [4.78, 5) is 13.0. The van der Waals surface area contributed by atoms with Crippen LogP contribution in [0.25, 0.3) is 0 Å². The van der Waals surface area contributed by atoms with Gasteiger partial charge in [-0.15, -0.1) is 0 Å². The van der Waals surface area contributed by atoms with Crippen LogP contribution in [0.5, 0.6) is 0 Å². The Morgan fingerprint density at radius 3 is 3.00 bits per heavy atom. The van der Waals surface area contributed by atoms with E-state index >= 15 is 0 Å². The van der Waals surface area contributed by atoms with Crippen LogP contribution in [-0.4, -0.2) is 34.0 Å². The number of anilines is 2. The Morgan fingerprint density at radius 2 is 2.20 bits per heavy atom. The van der Waals surface area contributed by atoms with Crippen LogP contribution in [0, 0.1) is 11.3 Å². The van der Waals surface area contributed by atoms with E-state index in [1.54, 1.807) is 6.07 Å². The Balaban J connectivity index is 1.59. The Labute approximate surface area is 148 Å². The second-order valence-corrected chi connectivity index (χ2v) is 8.87. The molecule has 1 saturated carbocycles. The van der Waals surface area contributed by atoms with Gasteiger partial charge in [0.05, 0.1) is 11.1 Å². The van der Waals surface area contributed by atoms with Crippen molar-refractivity contribution in [2.75, 3.05) is 29.3 Å². The molecule has 1 aliphatic carbocycles. The van der Waals surface area contributed by atoms with Crippen molar-refractivity contribution in [3.05, 3.63) is 23.8 Å². The van der Waals surface area contributed by atoms with Crippen LogP contribution >= 0.6 is 0 Å². The summed E-state index contributed by atoms with van der Waals surface area (Å²) in [7, 11) is -3.79. The van der Waals surface area contributed by atoms with E-state index in [4.69, 9.17) is 5.14 Å². The zero-order valence-electron chi connectivity index (χ0n) is 14.1. The SMILES string of the molecule is NS(=O)(=O)N1CCc2ccc(NC(=O)[C@@]34CCCC[C@H]3CNC4)cc21. The third-order valence-electron chi connectivity index (χ3n) is 5.99. The topological polar surface area (TPSA) is 105 Å². The summed E-state index contributed by atoms with van der Waals surface area (Å²) in [6.45, 7) is 1.97. The smallest absolute Gasteiger partial charge is 0.299 e. The number of carbonyl (C=O) groups excluding carboxylic acids is 1. The predicted octanol–water partition coefficient (Wildman–Crippen LogP) is 0.971. The molecule has 8 heteroatoms. The Bertz CT molecular complexity index is 810. The van der Waals surface area contributed by atoms with Gasteiger partial charge in [-0.3, -0.25) is 9.10 Å². The van der Waals surface area contributed by atoms with Gasteiger partial charge in [0.25, 0.3) is 10.2 Å². The molecule has 1 aromatic rings. The predicted molar refractivity (Wildman–Crippen MR) is 96.5 cm³/mol. The Hall–Kier alpha value is -1.64. The van der Waals surface area contributed by atoms with Crippen LogP contribution in [0.15, 0.2) is 18.2 Å². The summed E-state index contributed by atoms with van der Waals surface area (Å²) in [6.07, 6.45) is 4.89. The van der Waals surface area contributed by atoms with Crippen LogP contribution in [-0.2, 0) is 21.4 Å². The first-order valence-corrected chi connectivity index (χ1v) is 10.4. The molecule has 25 heavy (non-hydrogen) atoms. The van der Waals surface area contributed by atoms with Crippen LogP contribution in [0.1, 0.15) is 31.2 Å². The standard InChI is InChI=1S/C17H24N4O3S/c18-25(23,24)21-8-6-12-4-5-14(9-15(12)21)20-16(22)17-7-2-1-3-13(17)10-19-11-17/h4-5,9,13,19H,1-3,6-8,10-11H2,(H,20,22)(H2,18,23,24)/t13-,17+/m0/s1. The van der Waals surface area contributed by atoms with E-state index in [0.717, 1.165) is 37.9 Å². The molecule has 1 amide bonds. The molecule has 4 rings (SSSR count). The maximum Gasteiger partial charge on any atom is 0.299 e. The maximum atomic E-state index is 13.0. The van der Waals surface area contributed by atoms with E-state index < -0.39 is 10.2 Å². The molecule has 0 bridgehead atoms. The number of benzene rings is 1. The van der Waals surface area contributed by atoms with E-state index in [0.29, 0.717) is 30.3 Å². The van der Waals surface area contributed by atoms with Crippen LogP contribution < -0.4 is 20.1 Å². The van der Waals surface area contributed by atoms with Crippen molar-refractivity contribution in [2.45, 2.75) is 32.1 Å². The molecule has 0 aromatic heterocycles. The molecule has 2 aliphatic heterocycles. The molecule has 4 N–H and O–H groups in total. The normalized spacial score (nSPS) is 28.5. The summed E-state index contributed by atoms with van der Waals surface area (Å²) in [5.74, 6) is 0.430. The van der Waals surface area contributed by atoms with Crippen molar-refractivity contribution < 1.29 is 13.2 Å². The lowest BCUT2D eigenvalue weighted by atomic mass is 9.67. The van der Waals surface area contributed by atoms with Gasteiger partial charge in [-0.05, 0) is 49.4 Å². The van der Waals surface area contributed by atoms with Crippen LogP contribution in [0.2, 0.25) is 0 Å². The van der Waals surface area contributed by atoms with Crippen LogP contribution in [0.3, 0.4) is 0 Å². The van der Waals surface area contributed by atoms with Crippen molar-refractivity contribution in [1.29, 1.82) is 0 Å². The van der Waals surface area contributed by atoms with Crippen molar-refractivity contribution >= 4 is 27.5 Å². The van der Waals surface area contributed by atoms with Gasteiger partial charge in [-0.25, -0.2) is 5.14 Å². The number of nitrogens with two attached hydrogens (primary N) is 1. The largest absolute Gasteiger partial charge is 0.325 e. The fourth-order valence-corrected chi connectivity index (χ4v) is 5.43. The van der Waals surface area contributed by atoms with Gasteiger partial charge in [0.15, 0.2) is 0 Å². The monoisotopic (exact) mass is 364 g/mol. The van der Waals surface area contributed by atoms with Gasteiger partial charge in [-0.2, -0.15) is 8.42 Å². The average molecular weight is 364 g/mol. The molecule has 0 radical (unpaired) electrons. The van der Waals surface area contributed by atoms with E-state index in [-0.39, 0.29) is 11.3 Å². The Morgan fingerprint density at radius 1 is 1.36 bits per heavy atom. The van der Waals surface area contributed by atoms with Gasteiger partial charge in [0.2, 0.25) is 5.91 Å². The number of fused-ring (bicyclic) bond motifs is 2. The third kappa shape index (κ3) is 2.82. The molecule has 3 aliphatic rings. The van der Waals surface area contributed by atoms with Gasteiger partial charge in [0.1, 0.15) is 0 Å². The van der Waals surface area contributed by atoms with Gasteiger partial charge in [0, 0.05) is 18.8 Å². The lowest BCUT2D eigenvalue weighted by Crippen LogP contribution is -2.44. The highest BCUT2D eigenvalue weighted by molar-refractivity contribution is 7.90. The van der Waals surface area contributed by atoms with Gasteiger partial charge < -0.3 is 10.6 Å². The molecular formula is C17H24N4O3S. The molecule has 2 fully saturated rings. The summed E-state index contributed by atoms with van der Waals surface area (Å²) >= 11 is 0. The summed E-state index contributed by atoms with van der Waals surface area (Å²) < 4.78 is 24.7. The first kappa shape index (κ1) is 16.8. The van der Waals surface area contributed by atoms with E-state index in [1.807, 2.05) is 12.1 Å². The number of rotatable bonds is 3. The summed E-state index contributed by atoms with van der Waals surface area (Å²) in [5, 5.41) is 11.7. The molecular weight excluding hydrogens is 340 g/mol. The first-order valence-electron chi connectivity index (χ1n) is 8.86. The minimum Gasteiger partial charge on any atom is -0.325 e. The fourth-order valence-electron chi connectivity index (χ4n) is 4.64. The summed E-state index contributed by atoms with van der Waals surface area (Å²) in [6, 6.07) is 5.45. The number of nitrogens with zero attached hydrogens (tertiary/aromatic N) is 1. The van der Waals surface area contributed by atoms with E-state index in [9.17, 15) is 13.2 Å². The van der Waals surface area contributed by atoms with Crippen molar-refractivity contribution in [2.24, 2.45) is 16.5 Å². The maximum absolute atomic E-state index is 13.0. The minimum absolute atomic E-state index is 0.0438. The third-order valence-corrected chi connectivity index (χ3v) is 6.99. The molecule has 136 valence electrons. The average Bonchev–Trinajstić information content (AvgIpc) is 3.18. The van der Waals surface area contributed by atoms with E-state index in [2.05, 4.69) is 10.6 Å². The number of amides is 1. The number of hydrogen-bond acceptors (Lipinski definition) is 4. The number of carbonyl (C=O) groups is 1. The van der Waals surface area contributed by atoms with Crippen LogP contribution in [0.4, 0.5) is 11.4 Å². The quantitative estimate of drug-likeness (QED) is 0.743. The highest BCUT2D eigenvalue weighted by Crippen LogP contribution is 2.44. The fraction of sp³-hybridized carbons (Fsp3) is 0.588. The molecule has 0 unspecified atom stereocenters. The first-order chi connectivity index (χ1) is 11.9. The number of nitrogens with one attached hydrogen (secondary N) is 2. The second kappa shape index (κ2) is 5.96. The Kier molecular flexibility index (Phi) is 4.01. The van der Waals surface area contributed by atoms with Gasteiger partial charge >= 0.3 is 0 Å².